The summed E-state index contributed by atoms with van der Waals surface area (Å²) in [7, 11) is 1.61. The van der Waals surface area contributed by atoms with E-state index in [0.29, 0.717) is 16.5 Å². The van der Waals surface area contributed by atoms with Gasteiger partial charge in [-0.1, -0.05) is 11.6 Å². The van der Waals surface area contributed by atoms with Crippen molar-refractivity contribution in [2.75, 3.05) is 7.11 Å². The van der Waals surface area contributed by atoms with Gasteiger partial charge in [0, 0.05) is 5.56 Å². The Kier molecular flexibility index (Phi) is 4.54. The van der Waals surface area contributed by atoms with Crippen LogP contribution in [0.5, 0.6) is 5.75 Å². The molecule has 3 rings (SSSR count). The molecule has 3 aromatic rings. The first kappa shape index (κ1) is 15.4. The average Bonchev–Trinajstić information content (AvgIpc) is 3.22. The van der Waals surface area contributed by atoms with Gasteiger partial charge in [-0.2, -0.15) is 5.10 Å². The predicted molar refractivity (Wildman–Crippen MR) is 86.7 cm³/mol. The molecule has 23 heavy (non-hydrogen) atoms. The first-order valence-corrected chi connectivity index (χ1v) is 7.86. The molecule has 0 spiro atoms. The predicted octanol–water partition coefficient (Wildman–Crippen LogP) is 2.52. The number of ether oxygens (including phenoxy) is 1. The Balaban J connectivity index is 1.65. The minimum absolute atomic E-state index is 0.198. The summed E-state index contributed by atoms with van der Waals surface area (Å²) in [5.74, 6) is 1.57. The van der Waals surface area contributed by atoms with Crippen LogP contribution in [0.4, 0.5) is 0 Å². The van der Waals surface area contributed by atoms with Gasteiger partial charge in [0.05, 0.1) is 19.2 Å². The van der Waals surface area contributed by atoms with Crippen molar-refractivity contribution < 1.29 is 9.53 Å². The maximum absolute atomic E-state index is 11.9. The van der Waals surface area contributed by atoms with E-state index < -0.39 is 0 Å². The maximum atomic E-state index is 11.9. The molecule has 2 N–H and O–H groups in total. The van der Waals surface area contributed by atoms with E-state index in [9.17, 15) is 4.79 Å². The van der Waals surface area contributed by atoms with Crippen molar-refractivity contribution in [3.05, 3.63) is 45.6 Å². The quantitative estimate of drug-likeness (QED) is 0.738. The van der Waals surface area contributed by atoms with E-state index in [2.05, 4.69) is 25.5 Å². The highest BCUT2D eigenvalue weighted by Gasteiger charge is 2.14. The molecule has 0 unspecified atom stereocenters. The fourth-order valence-corrected chi connectivity index (χ4v) is 2.79. The van der Waals surface area contributed by atoms with Crippen molar-refractivity contribution in [1.29, 1.82) is 0 Å². The maximum Gasteiger partial charge on any atom is 0.264 e. The molecule has 0 radical (unpaired) electrons. The number of benzene rings is 1. The van der Waals surface area contributed by atoms with E-state index in [1.54, 1.807) is 7.11 Å². The lowest BCUT2D eigenvalue weighted by Crippen LogP contribution is -2.22. The Morgan fingerprint density at radius 3 is 2.83 bits per heavy atom. The zero-order valence-electron chi connectivity index (χ0n) is 12.0. The van der Waals surface area contributed by atoms with Crippen molar-refractivity contribution in [2.24, 2.45) is 0 Å². The van der Waals surface area contributed by atoms with Gasteiger partial charge in [-0.05, 0) is 24.3 Å². The summed E-state index contributed by atoms with van der Waals surface area (Å²) in [6.07, 6.45) is 0. The van der Waals surface area contributed by atoms with Crippen LogP contribution in [0.2, 0.25) is 5.15 Å². The van der Waals surface area contributed by atoms with Gasteiger partial charge >= 0.3 is 0 Å². The Labute approximate surface area is 140 Å². The van der Waals surface area contributed by atoms with E-state index in [1.807, 2.05) is 24.3 Å². The molecule has 118 valence electrons. The normalized spacial score (nSPS) is 10.5. The van der Waals surface area contributed by atoms with Crippen molar-refractivity contribution in [2.45, 2.75) is 6.54 Å². The van der Waals surface area contributed by atoms with Gasteiger partial charge in [0.2, 0.25) is 0 Å². The zero-order chi connectivity index (χ0) is 16.2. The van der Waals surface area contributed by atoms with E-state index in [1.165, 1.54) is 16.8 Å². The van der Waals surface area contributed by atoms with E-state index in [-0.39, 0.29) is 17.6 Å². The van der Waals surface area contributed by atoms with Crippen molar-refractivity contribution in [3.8, 4) is 17.1 Å². The molecular weight excluding hydrogens is 338 g/mol. The topological polar surface area (TPSA) is 92.8 Å². The molecule has 0 bridgehead atoms. The van der Waals surface area contributed by atoms with E-state index in [0.717, 1.165) is 11.3 Å². The molecule has 0 aliphatic rings. The fourth-order valence-electron chi connectivity index (χ4n) is 1.87. The summed E-state index contributed by atoms with van der Waals surface area (Å²) < 4.78 is 5.11. The second-order valence-electron chi connectivity index (χ2n) is 4.49. The van der Waals surface area contributed by atoms with Crippen LogP contribution in [0.15, 0.2) is 29.8 Å². The lowest BCUT2D eigenvalue weighted by molar-refractivity contribution is 0.0954. The molecule has 0 saturated heterocycles. The molecular formula is C14H12ClN5O2S. The second-order valence-corrected chi connectivity index (χ2v) is 5.70. The molecule has 1 aromatic carbocycles. The van der Waals surface area contributed by atoms with Crippen LogP contribution in [-0.4, -0.2) is 33.2 Å². The molecule has 2 heterocycles. The Bertz CT molecular complexity index is 815. The number of carbonyl (C=O) groups is 1. The smallest absolute Gasteiger partial charge is 0.264 e. The number of thiazole rings is 1. The van der Waals surface area contributed by atoms with E-state index in [4.69, 9.17) is 16.3 Å². The van der Waals surface area contributed by atoms with Crippen LogP contribution in [0.1, 0.15) is 15.5 Å². The number of aromatic nitrogens is 4. The molecule has 7 nitrogen and oxygen atoms in total. The van der Waals surface area contributed by atoms with Gasteiger partial charge in [0.25, 0.3) is 5.91 Å². The van der Waals surface area contributed by atoms with Crippen LogP contribution < -0.4 is 10.1 Å². The highest BCUT2D eigenvalue weighted by molar-refractivity contribution is 7.12. The first-order valence-electron chi connectivity index (χ1n) is 6.60. The number of aromatic amines is 1. The summed E-state index contributed by atoms with van der Waals surface area (Å²) in [6, 6.07) is 7.39. The van der Waals surface area contributed by atoms with Crippen molar-refractivity contribution in [3.63, 3.8) is 0 Å². The van der Waals surface area contributed by atoms with Gasteiger partial charge < -0.3 is 10.1 Å². The number of halogens is 1. The number of hydrogen-bond donors (Lipinski definition) is 2. The Hall–Kier alpha value is -2.45. The van der Waals surface area contributed by atoms with Crippen LogP contribution in [0, 0.1) is 0 Å². The number of hydrogen-bond acceptors (Lipinski definition) is 6. The summed E-state index contributed by atoms with van der Waals surface area (Å²) in [4.78, 5) is 20.5. The number of rotatable bonds is 5. The van der Waals surface area contributed by atoms with Crippen LogP contribution in [0.25, 0.3) is 11.4 Å². The minimum Gasteiger partial charge on any atom is -0.497 e. The Morgan fingerprint density at radius 1 is 1.39 bits per heavy atom. The molecule has 0 aliphatic carbocycles. The third kappa shape index (κ3) is 3.49. The van der Waals surface area contributed by atoms with Crippen molar-refractivity contribution in [1.82, 2.24) is 25.5 Å². The highest BCUT2D eigenvalue weighted by atomic mass is 35.5. The van der Waals surface area contributed by atoms with Gasteiger partial charge in [-0.15, -0.1) is 11.3 Å². The number of nitrogens with zero attached hydrogens (tertiary/aromatic N) is 3. The lowest BCUT2D eigenvalue weighted by Gasteiger charge is -2.00. The van der Waals surface area contributed by atoms with Gasteiger partial charge in [0.1, 0.15) is 16.5 Å². The number of amides is 1. The fraction of sp³-hybridized carbons (Fsp3) is 0.143. The summed E-state index contributed by atoms with van der Waals surface area (Å²) in [5, 5.41) is 9.85. The highest BCUT2D eigenvalue weighted by Crippen LogP contribution is 2.20. The standard InChI is InChI=1S/C14H12ClN5O2S/c1-22-9-4-2-8(3-5-9)13-18-10(19-20-13)6-16-14(21)11-12(15)17-7-23-11/h2-5,7H,6H2,1H3,(H,16,21)(H,18,19,20). The molecule has 0 fully saturated rings. The van der Waals surface area contributed by atoms with Crippen LogP contribution in [0.3, 0.4) is 0 Å². The van der Waals surface area contributed by atoms with Crippen LogP contribution in [-0.2, 0) is 6.54 Å². The molecule has 9 heteroatoms. The van der Waals surface area contributed by atoms with Crippen molar-refractivity contribution >= 4 is 28.8 Å². The molecule has 2 aromatic heterocycles. The lowest BCUT2D eigenvalue weighted by atomic mass is 10.2. The third-order valence-corrected chi connectivity index (χ3v) is 4.25. The molecule has 0 aliphatic heterocycles. The third-order valence-electron chi connectivity index (χ3n) is 3.03. The molecule has 1 amide bonds. The zero-order valence-corrected chi connectivity index (χ0v) is 13.6. The van der Waals surface area contributed by atoms with Gasteiger partial charge in [0.15, 0.2) is 11.0 Å². The second kappa shape index (κ2) is 6.76. The van der Waals surface area contributed by atoms with Gasteiger partial charge in [-0.25, -0.2) is 9.97 Å². The van der Waals surface area contributed by atoms with E-state index >= 15 is 0 Å². The molecule has 0 saturated carbocycles. The van der Waals surface area contributed by atoms with Crippen LogP contribution >= 0.6 is 22.9 Å². The summed E-state index contributed by atoms with van der Waals surface area (Å²) >= 11 is 7.00. The monoisotopic (exact) mass is 349 g/mol. The number of H-pyrrole nitrogens is 1. The number of nitrogens with one attached hydrogen (secondary N) is 2. The SMILES string of the molecule is COc1ccc(-c2n[nH]c(CNC(=O)c3scnc3Cl)n2)cc1. The first-order chi connectivity index (χ1) is 11.2. The number of carbonyl (C=O) groups excluding carboxylic acids is 1. The minimum atomic E-state index is -0.292. The average molecular weight is 350 g/mol. The largest absolute Gasteiger partial charge is 0.497 e. The Morgan fingerprint density at radius 2 is 2.17 bits per heavy atom. The number of methoxy groups -OCH3 is 1. The molecule has 0 atom stereocenters. The van der Waals surface area contributed by atoms with Gasteiger partial charge in [-0.3, -0.25) is 9.89 Å². The summed E-state index contributed by atoms with van der Waals surface area (Å²) in [5.41, 5.74) is 2.37. The summed E-state index contributed by atoms with van der Waals surface area (Å²) in [6.45, 7) is 0.218.